The number of rotatable bonds is 0. The molecule has 0 fully saturated rings. The molecular formula is C9H7ClFN3. The van der Waals surface area contributed by atoms with Crippen LogP contribution in [0, 0.1) is 5.82 Å². The minimum Gasteiger partial charge on any atom is -0.396 e. The Balaban J connectivity index is 3.01. The van der Waals surface area contributed by atoms with Gasteiger partial charge >= 0.3 is 0 Å². The number of aromatic nitrogens is 1. The maximum Gasteiger partial charge on any atom is 0.149 e. The number of halogens is 2. The second kappa shape index (κ2) is 2.99. The monoisotopic (exact) mass is 211 g/mol. The molecule has 0 radical (unpaired) electrons. The van der Waals surface area contributed by atoms with Gasteiger partial charge in [-0.15, -0.1) is 0 Å². The van der Waals surface area contributed by atoms with Gasteiger partial charge in [0.25, 0.3) is 0 Å². The molecule has 4 N–H and O–H groups in total. The van der Waals surface area contributed by atoms with Gasteiger partial charge in [-0.05, 0) is 12.1 Å². The number of nitrogens with two attached hydrogens (primary N) is 2. The van der Waals surface area contributed by atoms with E-state index in [1.165, 1.54) is 18.3 Å². The molecule has 0 spiro atoms. The predicted molar refractivity (Wildman–Crippen MR) is 55.5 cm³/mol. The lowest BCUT2D eigenvalue weighted by Crippen LogP contribution is -1.98. The zero-order chi connectivity index (χ0) is 10.3. The Bertz CT molecular complexity index is 513. The number of hydrogen-bond donors (Lipinski definition) is 2. The number of nitrogen functional groups attached to an aromatic ring is 2. The SMILES string of the molecule is Nc1cnc2c(F)ccc(Cl)c2c1N. The topological polar surface area (TPSA) is 64.9 Å². The summed E-state index contributed by atoms with van der Waals surface area (Å²) in [5.74, 6) is -0.462. The molecule has 72 valence electrons. The average Bonchev–Trinajstić information content (AvgIpc) is 2.16. The lowest BCUT2D eigenvalue weighted by atomic mass is 10.1. The maximum absolute atomic E-state index is 13.3. The molecule has 2 rings (SSSR count). The maximum atomic E-state index is 13.3. The molecule has 1 heterocycles. The summed E-state index contributed by atoms with van der Waals surface area (Å²) in [4.78, 5) is 3.84. The summed E-state index contributed by atoms with van der Waals surface area (Å²) in [7, 11) is 0. The molecule has 0 bridgehead atoms. The standard InChI is InChI=1S/C9H7ClFN3/c10-4-1-2-5(11)9-7(4)8(13)6(12)3-14-9/h1-3H,12H2,(H2,13,14). The Hall–Kier alpha value is -1.55. The molecule has 0 saturated carbocycles. The van der Waals surface area contributed by atoms with Gasteiger partial charge in [0.15, 0.2) is 0 Å². The number of anilines is 2. The van der Waals surface area contributed by atoms with Gasteiger partial charge in [0, 0.05) is 5.39 Å². The molecule has 0 aliphatic heterocycles. The van der Waals surface area contributed by atoms with Crippen LogP contribution >= 0.6 is 11.6 Å². The summed E-state index contributed by atoms with van der Waals surface area (Å²) in [5, 5.41) is 0.713. The van der Waals surface area contributed by atoms with Crippen molar-refractivity contribution < 1.29 is 4.39 Å². The van der Waals surface area contributed by atoms with Crippen molar-refractivity contribution in [1.29, 1.82) is 0 Å². The van der Waals surface area contributed by atoms with E-state index in [0.717, 1.165) is 0 Å². The third-order valence-corrected chi connectivity index (χ3v) is 2.31. The highest BCUT2D eigenvalue weighted by atomic mass is 35.5. The van der Waals surface area contributed by atoms with Gasteiger partial charge in [-0.25, -0.2) is 4.39 Å². The Morgan fingerprint density at radius 3 is 2.71 bits per heavy atom. The largest absolute Gasteiger partial charge is 0.396 e. The summed E-state index contributed by atoms with van der Waals surface area (Å²) in [6, 6.07) is 2.67. The lowest BCUT2D eigenvalue weighted by molar-refractivity contribution is 0.637. The summed E-state index contributed by atoms with van der Waals surface area (Å²) in [6.45, 7) is 0. The zero-order valence-electron chi connectivity index (χ0n) is 7.09. The van der Waals surface area contributed by atoms with Crippen LogP contribution in [0.25, 0.3) is 10.9 Å². The first-order chi connectivity index (χ1) is 6.61. The van der Waals surface area contributed by atoms with Gasteiger partial charge in [-0.2, -0.15) is 0 Å². The van der Waals surface area contributed by atoms with E-state index in [0.29, 0.717) is 16.1 Å². The first kappa shape index (κ1) is 9.02. The van der Waals surface area contributed by atoms with Crippen molar-refractivity contribution in [2.75, 3.05) is 11.5 Å². The van der Waals surface area contributed by atoms with Gasteiger partial charge in [-0.1, -0.05) is 11.6 Å². The van der Waals surface area contributed by atoms with Crippen LogP contribution in [0.1, 0.15) is 0 Å². The Labute approximate surface area is 84.5 Å². The molecule has 1 aromatic carbocycles. The van der Waals surface area contributed by atoms with Crippen LogP contribution in [-0.4, -0.2) is 4.98 Å². The van der Waals surface area contributed by atoms with Crippen LogP contribution in [0.5, 0.6) is 0 Å². The molecule has 0 saturated heterocycles. The van der Waals surface area contributed by atoms with Crippen molar-refractivity contribution in [1.82, 2.24) is 4.98 Å². The van der Waals surface area contributed by atoms with Crippen LogP contribution in [0.2, 0.25) is 5.02 Å². The Morgan fingerprint density at radius 2 is 2.00 bits per heavy atom. The fourth-order valence-corrected chi connectivity index (χ4v) is 1.53. The number of nitrogens with zero attached hydrogens (tertiary/aromatic N) is 1. The van der Waals surface area contributed by atoms with Crippen LogP contribution in [0.4, 0.5) is 15.8 Å². The molecule has 0 amide bonds. The summed E-state index contributed by atoms with van der Waals surface area (Å²) in [5.41, 5.74) is 11.9. The molecule has 0 aliphatic carbocycles. The molecule has 2 aromatic rings. The van der Waals surface area contributed by atoms with E-state index in [4.69, 9.17) is 23.1 Å². The summed E-state index contributed by atoms with van der Waals surface area (Å²) >= 11 is 5.86. The molecule has 1 aromatic heterocycles. The minimum atomic E-state index is -0.462. The van der Waals surface area contributed by atoms with E-state index >= 15 is 0 Å². The van der Waals surface area contributed by atoms with Gasteiger partial charge in [0.05, 0.1) is 22.6 Å². The van der Waals surface area contributed by atoms with E-state index in [-0.39, 0.29) is 11.2 Å². The molecule has 3 nitrogen and oxygen atoms in total. The Morgan fingerprint density at radius 1 is 1.29 bits per heavy atom. The van der Waals surface area contributed by atoms with Gasteiger partial charge in [-0.3, -0.25) is 4.98 Å². The highest BCUT2D eigenvalue weighted by Crippen LogP contribution is 2.32. The fourth-order valence-electron chi connectivity index (χ4n) is 1.27. The van der Waals surface area contributed by atoms with E-state index in [1.54, 1.807) is 0 Å². The summed E-state index contributed by atoms with van der Waals surface area (Å²) in [6.07, 6.45) is 1.32. The number of hydrogen-bond acceptors (Lipinski definition) is 3. The van der Waals surface area contributed by atoms with Crippen molar-refractivity contribution in [3.63, 3.8) is 0 Å². The quantitative estimate of drug-likeness (QED) is 0.702. The van der Waals surface area contributed by atoms with Crippen molar-refractivity contribution >= 4 is 33.9 Å². The van der Waals surface area contributed by atoms with Crippen LogP contribution in [0.15, 0.2) is 18.3 Å². The highest BCUT2D eigenvalue weighted by molar-refractivity contribution is 6.36. The molecule has 0 unspecified atom stereocenters. The predicted octanol–water partition coefficient (Wildman–Crippen LogP) is 2.19. The zero-order valence-corrected chi connectivity index (χ0v) is 7.85. The van der Waals surface area contributed by atoms with Crippen molar-refractivity contribution in [3.05, 3.63) is 29.2 Å². The Kier molecular flexibility index (Phi) is 1.93. The van der Waals surface area contributed by atoms with Gasteiger partial charge < -0.3 is 11.5 Å². The van der Waals surface area contributed by atoms with Crippen molar-refractivity contribution in [3.8, 4) is 0 Å². The average molecular weight is 212 g/mol. The van der Waals surface area contributed by atoms with E-state index in [9.17, 15) is 4.39 Å². The fraction of sp³-hybridized carbons (Fsp3) is 0. The smallest absolute Gasteiger partial charge is 0.149 e. The number of benzene rings is 1. The number of fused-ring (bicyclic) bond motifs is 1. The number of pyridine rings is 1. The van der Waals surface area contributed by atoms with Crippen molar-refractivity contribution in [2.24, 2.45) is 0 Å². The van der Waals surface area contributed by atoms with E-state index < -0.39 is 5.82 Å². The molecule has 0 atom stereocenters. The minimum absolute atomic E-state index is 0.143. The normalized spacial score (nSPS) is 10.7. The van der Waals surface area contributed by atoms with Gasteiger partial charge in [0.2, 0.25) is 0 Å². The molecule has 14 heavy (non-hydrogen) atoms. The lowest BCUT2D eigenvalue weighted by Gasteiger charge is -2.06. The van der Waals surface area contributed by atoms with E-state index in [1.807, 2.05) is 0 Å². The second-order valence-corrected chi connectivity index (χ2v) is 3.29. The van der Waals surface area contributed by atoms with Gasteiger partial charge in [0.1, 0.15) is 11.3 Å². The third-order valence-electron chi connectivity index (χ3n) is 1.99. The van der Waals surface area contributed by atoms with Crippen LogP contribution in [0.3, 0.4) is 0 Å². The van der Waals surface area contributed by atoms with Crippen LogP contribution < -0.4 is 11.5 Å². The summed E-state index contributed by atoms with van der Waals surface area (Å²) < 4.78 is 13.3. The van der Waals surface area contributed by atoms with Crippen molar-refractivity contribution in [2.45, 2.75) is 0 Å². The van der Waals surface area contributed by atoms with Crippen LogP contribution in [-0.2, 0) is 0 Å². The third kappa shape index (κ3) is 1.15. The van der Waals surface area contributed by atoms with E-state index in [2.05, 4.69) is 4.98 Å². The molecular weight excluding hydrogens is 205 g/mol. The second-order valence-electron chi connectivity index (χ2n) is 2.88. The first-order valence-electron chi connectivity index (χ1n) is 3.89. The molecule has 0 aliphatic rings. The highest BCUT2D eigenvalue weighted by Gasteiger charge is 2.10. The molecule has 5 heteroatoms. The first-order valence-corrected chi connectivity index (χ1v) is 4.26.